The van der Waals surface area contributed by atoms with Crippen LogP contribution in [-0.2, 0) is 17.9 Å². The van der Waals surface area contributed by atoms with Crippen LogP contribution < -0.4 is 10.1 Å². The second-order valence-corrected chi connectivity index (χ2v) is 7.77. The lowest BCUT2D eigenvalue weighted by atomic mass is 10.1. The zero-order valence-corrected chi connectivity index (χ0v) is 18.3. The maximum atomic E-state index is 12.5. The zero-order valence-electron chi connectivity index (χ0n) is 17.5. The van der Waals surface area contributed by atoms with Gasteiger partial charge in [-0.05, 0) is 50.9 Å². The topological polar surface area (TPSA) is 75.2 Å². The lowest BCUT2D eigenvalue weighted by Gasteiger charge is -2.12. The fraction of sp³-hybridized carbons (Fsp3) is 0.318. The molecular formula is C22H27N5O2S. The van der Waals surface area contributed by atoms with Crippen LogP contribution in [-0.4, -0.2) is 52.8 Å². The molecule has 3 aromatic rings. The Morgan fingerprint density at radius 1 is 1.23 bits per heavy atom. The number of aryl methyl sites for hydroxylation is 1. The molecule has 1 aromatic heterocycles. The fourth-order valence-corrected chi connectivity index (χ4v) is 3.08. The lowest BCUT2D eigenvalue weighted by Crippen LogP contribution is -2.27. The first-order valence-corrected chi connectivity index (χ1v) is 10.2. The maximum Gasteiger partial charge on any atom is 0.240 e. The van der Waals surface area contributed by atoms with Gasteiger partial charge in [-0.3, -0.25) is 14.5 Å². The summed E-state index contributed by atoms with van der Waals surface area (Å²) in [5.74, 6) is 1.30. The zero-order chi connectivity index (χ0) is 21.5. The van der Waals surface area contributed by atoms with Crippen molar-refractivity contribution in [1.82, 2.24) is 25.0 Å². The first-order valence-electron chi connectivity index (χ1n) is 9.78. The van der Waals surface area contributed by atoms with Gasteiger partial charge < -0.3 is 15.0 Å². The van der Waals surface area contributed by atoms with Crippen molar-refractivity contribution in [3.05, 3.63) is 64.4 Å². The van der Waals surface area contributed by atoms with Crippen molar-refractivity contribution in [3.8, 4) is 17.1 Å². The lowest BCUT2D eigenvalue weighted by molar-refractivity contribution is -0.121. The van der Waals surface area contributed by atoms with Crippen LogP contribution in [0.5, 0.6) is 5.75 Å². The average Bonchev–Trinajstić information content (AvgIpc) is 3.07. The van der Waals surface area contributed by atoms with E-state index in [0.29, 0.717) is 23.7 Å². The highest BCUT2D eigenvalue weighted by atomic mass is 32.1. The fourth-order valence-electron chi connectivity index (χ4n) is 2.88. The van der Waals surface area contributed by atoms with E-state index in [1.54, 1.807) is 4.57 Å². The minimum Gasteiger partial charge on any atom is -0.492 e. The number of hydrogen-bond acceptors (Lipinski definition) is 5. The third kappa shape index (κ3) is 6.01. The van der Waals surface area contributed by atoms with Crippen molar-refractivity contribution >= 4 is 18.1 Å². The van der Waals surface area contributed by atoms with Crippen molar-refractivity contribution in [1.29, 1.82) is 0 Å². The molecule has 8 heteroatoms. The Labute approximate surface area is 181 Å². The van der Waals surface area contributed by atoms with Crippen LogP contribution in [0, 0.1) is 11.7 Å². The molecule has 2 N–H and O–H groups in total. The number of H-pyrrole nitrogens is 1. The number of likely N-dealkylation sites (N-methyl/N-ethyl adjacent to an activating group) is 1. The van der Waals surface area contributed by atoms with Crippen LogP contribution in [0.25, 0.3) is 11.4 Å². The summed E-state index contributed by atoms with van der Waals surface area (Å²) in [6, 6.07) is 15.7. The van der Waals surface area contributed by atoms with E-state index < -0.39 is 0 Å². The number of nitrogens with zero attached hydrogens (tertiary/aromatic N) is 3. The van der Waals surface area contributed by atoms with Gasteiger partial charge in [0.15, 0.2) is 10.6 Å². The Kier molecular flexibility index (Phi) is 7.37. The Balaban J connectivity index is 1.60. The molecule has 0 spiro atoms. The molecule has 0 aliphatic carbocycles. The maximum absolute atomic E-state index is 12.5. The SMILES string of the molecule is Cc1ccc(-c2n[nH]c(=S)n2CC(=O)NCc2cccc(OCCN(C)C)c2)cc1. The number of carbonyl (C=O) groups excluding carboxylic acids is 1. The summed E-state index contributed by atoms with van der Waals surface area (Å²) in [6.45, 7) is 3.99. The van der Waals surface area contributed by atoms with Gasteiger partial charge in [-0.25, -0.2) is 0 Å². The summed E-state index contributed by atoms with van der Waals surface area (Å²) >= 11 is 5.32. The minimum absolute atomic E-state index is 0.0948. The van der Waals surface area contributed by atoms with Crippen LogP contribution in [0.4, 0.5) is 0 Å². The van der Waals surface area contributed by atoms with E-state index >= 15 is 0 Å². The van der Waals surface area contributed by atoms with E-state index in [9.17, 15) is 4.79 Å². The molecule has 1 heterocycles. The second-order valence-electron chi connectivity index (χ2n) is 7.38. The minimum atomic E-state index is -0.139. The van der Waals surface area contributed by atoms with Crippen molar-refractivity contribution in [2.24, 2.45) is 0 Å². The quantitative estimate of drug-likeness (QED) is 0.515. The van der Waals surface area contributed by atoms with E-state index in [1.165, 1.54) is 0 Å². The average molecular weight is 426 g/mol. The predicted molar refractivity (Wildman–Crippen MR) is 120 cm³/mol. The molecule has 30 heavy (non-hydrogen) atoms. The standard InChI is InChI=1S/C22H27N5O2S/c1-16-7-9-18(10-8-16)21-24-25-22(30)27(21)15-20(28)23-14-17-5-4-6-19(13-17)29-12-11-26(2)3/h4-10,13H,11-12,14-15H2,1-3H3,(H,23,28)(H,25,30). The number of aromatic nitrogens is 3. The van der Waals surface area contributed by atoms with Gasteiger partial charge in [-0.2, -0.15) is 5.10 Å². The number of nitrogens with one attached hydrogen (secondary N) is 2. The smallest absolute Gasteiger partial charge is 0.240 e. The number of rotatable bonds is 9. The van der Waals surface area contributed by atoms with E-state index in [1.807, 2.05) is 69.6 Å². The molecule has 1 amide bonds. The molecule has 0 saturated carbocycles. The Morgan fingerprint density at radius 3 is 2.73 bits per heavy atom. The highest BCUT2D eigenvalue weighted by molar-refractivity contribution is 7.71. The molecule has 2 aromatic carbocycles. The van der Waals surface area contributed by atoms with Gasteiger partial charge in [-0.1, -0.05) is 42.0 Å². The first kappa shape index (κ1) is 21.7. The van der Waals surface area contributed by atoms with Gasteiger partial charge in [-0.15, -0.1) is 0 Å². The molecule has 158 valence electrons. The van der Waals surface area contributed by atoms with Crippen LogP contribution in [0.15, 0.2) is 48.5 Å². The molecule has 0 bridgehead atoms. The number of ether oxygens (including phenoxy) is 1. The second kappa shape index (κ2) is 10.2. The van der Waals surface area contributed by atoms with E-state index in [0.717, 1.165) is 29.0 Å². The van der Waals surface area contributed by atoms with Gasteiger partial charge in [0.05, 0.1) is 0 Å². The Morgan fingerprint density at radius 2 is 2.00 bits per heavy atom. The highest BCUT2D eigenvalue weighted by Gasteiger charge is 2.12. The number of carbonyl (C=O) groups is 1. The molecule has 3 rings (SSSR count). The van der Waals surface area contributed by atoms with Crippen molar-refractivity contribution in [3.63, 3.8) is 0 Å². The molecule has 0 aliphatic heterocycles. The molecule has 7 nitrogen and oxygen atoms in total. The summed E-state index contributed by atoms with van der Waals surface area (Å²) in [7, 11) is 4.01. The summed E-state index contributed by atoms with van der Waals surface area (Å²) in [6.07, 6.45) is 0. The van der Waals surface area contributed by atoms with Crippen LogP contribution in [0.1, 0.15) is 11.1 Å². The van der Waals surface area contributed by atoms with Crippen LogP contribution >= 0.6 is 12.2 Å². The van der Waals surface area contributed by atoms with Gasteiger partial charge in [0, 0.05) is 18.7 Å². The molecule has 0 radical (unpaired) electrons. The van der Waals surface area contributed by atoms with E-state index in [2.05, 4.69) is 20.4 Å². The van der Waals surface area contributed by atoms with Crippen molar-refractivity contribution in [2.75, 3.05) is 27.2 Å². The predicted octanol–water partition coefficient (Wildman–Crippen LogP) is 3.17. The molecule has 0 fully saturated rings. The summed E-state index contributed by atoms with van der Waals surface area (Å²) in [4.78, 5) is 14.6. The first-order chi connectivity index (χ1) is 14.4. The number of amides is 1. The summed E-state index contributed by atoms with van der Waals surface area (Å²) < 4.78 is 7.87. The summed E-state index contributed by atoms with van der Waals surface area (Å²) in [5, 5.41) is 10.0. The van der Waals surface area contributed by atoms with Gasteiger partial charge in [0.2, 0.25) is 5.91 Å². The largest absolute Gasteiger partial charge is 0.492 e. The molecule has 0 aliphatic rings. The summed E-state index contributed by atoms with van der Waals surface area (Å²) in [5.41, 5.74) is 3.04. The Bertz CT molecular complexity index is 1040. The van der Waals surface area contributed by atoms with Gasteiger partial charge in [0.1, 0.15) is 18.9 Å². The third-order valence-corrected chi connectivity index (χ3v) is 4.88. The monoisotopic (exact) mass is 425 g/mol. The van der Waals surface area contributed by atoms with Crippen molar-refractivity contribution < 1.29 is 9.53 Å². The van der Waals surface area contributed by atoms with Crippen LogP contribution in [0.3, 0.4) is 0 Å². The highest BCUT2D eigenvalue weighted by Crippen LogP contribution is 2.18. The van der Waals surface area contributed by atoms with Gasteiger partial charge in [0.25, 0.3) is 0 Å². The number of hydrogen-bond donors (Lipinski definition) is 2. The van der Waals surface area contributed by atoms with Gasteiger partial charge >= 0.3 is 0 Å². The number of benzene rings is 2. The Hall–Kier alpha value is -2.97. The molecule has 0 saturated heterocycles. The third-order valence-electron chi connectivity index (χ3n) is 4.57. The molecule has 0 unspecified atom stereocenters. The number of aromatic amines is 1. The van der Waals surface area contributed by atoms with E-state index in [4.69, 9.17) is 17.0 Å². The molecular weight excluding hydrogens is 398 g/mol. The van der Waals surface area contributed by atoms with E-state index in [-0.39, 0.29) is 12.5 Å². The van der Waals surface area contributed by atoms with Crippen molar-refractivity contribution in [2.45, 2.75) is 20.0 Å². The molecule has 0 atom stereocenters. The normalized spacial score (nSPS) is 10.9. The van der Waals surface area contributed by atoms with Crippen LogP contribution in [0.2, 0.25) is 0 Å².